The molecule has 1 aliphatic heterocycles. The first-order chi connectivity index (χ1) is 14.0. The van der Waals surface area contributed by atoms with Crippen LogP contribution in [0.15, 0.2) is 35.5 Å². The summed E-state index contributed by atoms with van der Waals surface area (Å²) in [6, 6.07) is 3.93. The zero-order chi connectivity index (χ0) is 20.5. The Morgan fingerprint density at radius 2 is 1.90 bits per heavy atom. The fourth-order valence-corrected chi connectivity index (χ4v) is 4.84. The van der Waals surface area contributed by atoms with E-state index in [4.69, 9.17) is 0 Å². The fraction of sp³-hybridized carbons (Fsp3) is 0.524. The maximum atomic E-state index is 12.7. The van der Waals surface area contributed by atoms with E-state index in [9.17, 15) is 9.59 Å². The molecule has 4 rings (SSSR count). The van der Waals surface area contributed by atoms with E-state index in [2.05, 4.69) is 32.8 Å². The number of likely N-dealkylation sites (tertiary alicyclic amines) is 1. The summed E-state index contributed by atoms with van der Waals surface area (Å²) in [7, 11) is 5.62. The number of nitrogens with zero attached hydrogens (tertiary/aromatic N) is 4. The lowest BCUT2D eigenvalue weighted by Gasteiger charge is -2.19. The van der Waals surface area contributed by atoms with Crippen LogP contribution in [0.1, 0.15) is 12.0 Å². The Balaban J connectivity index is 1.29. The van der Waals surface area contributed by atoms with Gasteiger partial charge in [0, 0.05) is 52.5 Å². The number of aliphatic imine (C=N–C) groups is 1. The highest BCUT2D eigenvalue weighted by Gasteiger charge is 2.58. The van der Waals surface area contributed by atoms with Crippen LogP contribution in [0.25, 0.3) is 0 Å². The van der Waals surface area contributed by atoms with Crippen molar-refractivity contribution < 1.29 is 9.59 Å². The lowest BCUT2D eigenvalue weighted by atomic mass is 9.85. The van der Waals surface area contributed by atoms with Crippen LogP contribution in [0.2, 0.25) is 0 Å². The number of carbonyl (C=O) groups is 2. The first-order valence-corrected chi connectivity index (χ1v) is 10.1. The number of pyridine rings is 1. The molecular formula is C21H28N6O2. The number of rotatable bonds is 6. The average Bonchev–Trinajstić information content (AvgIpc) is 3.40. The van der Waals surface area contributed by atoms with Gasteiger partial charge in [0.2, 0.25) is 11.8 Å². The van der Waals surface area contributed by atoms with Gasteiger partial charge in [-0.15, -0.1) is 0 Å². The summed E-state index contributed by atoms with van der Waals surface area (Å²) in [6.45, 7) is 1.40. The van der Waals surface area contributed by atoms with Gasteiger partial charge in [0.05, 0.1) is 11.8 Å². The second kappa shape index (κ2) is 7.85. The molecule has 0 aromatic carbocycles. The maximum absolute atomic E-state index is 12.7. The molecule has 3 aliphatic rings. The van der Waals surface area contributed by atoms with Crippen molar-refractivity contribution >= 4 is 23.6 Å². The van der Waals surface area contributed by atoms with Crippen molar-refractivity contribution in [3.05, 3.63) is 36.0 Å². The van der Waals surface area contributed by atoms with Crippen LogP contribution in [0.4, 0.5) is 5.82 Å². The molecule has 8 nitrogen and oxygen atoms in total. The second-order valence-corrected chi connectivity index (χ2v) is 8.06. The SMILES string of the molecule is CN=C(NCCN1C(=O)C2C3C=CC(C3)C2C1=O)NCc1cccnc1N(C)C. The van der Waals surface area contributed by atoms with Gasteiger partial charge in [-0.2, -0.15) is 0 Å². The highest BCUT2D eigenvalue weighted by atomic mass is 16.2. The number of anilines is 1. The molecule has 2 amide bonds. The molecular weight excluding hydrogens is 368 g/mol. The Bertz CT molecular complexity index is 834. The Morgan fingerprint density at radius 3 is 2.52 bits per heavy atom. The largest absolute Gasteiger partial charge is 0.362 e. The quantitative estimate of drug-likeness (QED) is 0.317. The third-order valence-electron chi connectivity index (χ3n) is 6.15. The first-order valence-electron chi connectivity index (χ1n) is 10.1. The van der Waals surface area contributed by atoms with Gasteiger partial charge in [0.1, 0.15) is 5.82 Å². The second-order valence-electron chi connectivity index (χ2n) is 8.06. The number of hydrogen-bond acceptors (Lipinski definition) is 5. The number of amides is 2. The van der Waals surface area contributed by atoms with E-state index in [1.165, 1.54) is 4.90 Å². The van der Waals surface area contributed by atoms with Crippen molar-refractivity contribution in [2.75, 3.05) is 39.1 Å². The molecule has 4 unspecified atom stereocenters. The summed E-state index contributed by atoms with van der Waals surface area (Å²) in [5.41, 5.74) is 1.06. The Labute approximate surface area is 171 Å². The topological polar surface area (TPSA) is 89.9 Å². The zero-order valence-electron chi connectivity index (χ0n) is 17.1. The average molecular weight is 396 g/mol. The highest BCUT2D eigenvalue weighted by Crippen LogP contribution is 2.52. The van der Waals surface area contributed by atoms with E-state index < -0.39 is 0 Å². The van der Waals surface area contributed by atoms with Crippen LogP contribution in [0, 0.1) is 23.7 Å². The Morgan fingerprint density at radius 1 is 1.21 bits per heavy atom. The number of allylic oxidation sites excluding steroid dienone is 2. The van der Waals surface area contributed by atoms with Crippen molar-refractivity contribution in [2.45, 2.75) is 13.0 Å². The van der Waals surface area contributed by atoms with Gasteiger partial charge in [0.15, 0.2) is 5.96 Å². The standard InChI is InChI=1S/C21H28N6O2/c1-22-21(25-12-15-5-4-8-23-18(15)26(2)3)24-9-10-27-19(28)16-13-6-7-14(11-13)17(16)20(27)29/h4-8,13-14,16-17H,9-12H2,1-3H3,(H2,22,24,25). The molecule has 0 radical (unpaired) electrons. The monoisotopic (exact) mass is 396 g/mol. The maximum Gasteiger partial charge on any atom is 0.233 e. The fourth-order valence-electron chi connectivity index (χ4n) is 4.84. The number of carbonyl (C=O) groups excluding carboxylic acids is 2. The van der Waals surface area contributed by atoms with Crippen LogP contribution in [0.3, 0.4) is 0 Å². The molecule has 0 spiro atoms. The molecule has 2 bridgehead atoms. The highest BCUT2D eigenvalue weighted by molar-refractivity contribution is 6.06. The molecule has 2 N–H and O–H groups in total. The molecule has 2 aliphatic carbocycles. The number of hydrogen-bond donors (Lipinski definition) is 2. The van der Waals surface area contributed by atoms with Gasteiger partial charge in [0.25, 0.3) is 0 Å². The predicted molar refractivity (Wildman–Crippen MR) is 111 cm³/mol. The van der Waals surface area contributed by atoms with Gasteiger partial charge in [-0.05, 0) is 24.3 Å². The Kier molecular flexibility index (Phi) is 5.25. The van der Waals surface area contributed by atoms with Gasteiger partial charge >= 0.3 is 0 Å². The lowest BCUT2D eigenvalue weighted by molar-refractivity contribution is -0.140. The van der Waals surface area contributed by atoms with E-state index in [0.717, 1.165) is 17.8 Å². The molecule has 8 heteroatoms. The number of fused-ring (bicyclic) bond motifs is 5. The molecule has 4 atom stereocenters. The Hall–Kier alpha value is -2.90. The minimum atomic E-state index is -0.134. The summed E-state index contributed by atoms with van der Waals surface area (Å²) in [5, 5.41) is 6.47. The summed E-state index contributed by atoms with van der Waals surface area (Å²) in [4.78, 5) is 37.5. The molecule has 2 fully saturated rings. The van der Waals surface area contributed by atoms with Gasteiger partial charge in [-0.25, -0.2) is 4.98 Å². The zero-order valence-corrected chi connectivity index (χ0v) is 17.1. The van der Waals surface area contributed by atoms with Crippen LogP contribution < -0.4 is 15.5 Å². The smallest absolute Gasteiger partial charge is 0.233 e. The van der Waals surface area contributed by atoms with Crippen molar-refractivity contribution in [1.29, 1.82) is 0 Å². The predicted octanol–water partition coefficient (Wildman–Crippen LogP) is 0.620. The number of imide groups is 1. The van der Waals surface area contributed by atoms with E-state index in [0.29, 0.717) is 25.6 Å². The van der Waals surface area contributed by atoms with Crippen molar-refractivity contribution in [3.63, 3.8) is 0 Å². The third kappa shape index (κ3) is 3.47. The molecule has 154 valence electrons. The van der Waals surface area contributed by atoms with Crippen LogP contribution in [0.5, 0.6) is 0 Å². The number of nitrogens with one attached hydrogen (secondary N) is 2. The summed E-state index contributed by atoms with van der Waals surface area (Å²) >= 11 is 0. The van der Waals surface area contributed by atoms with Crippen LogP contribution >= 0.6 is 0 Å². The van der Waals surface area contributed by atoms with Gasteiger partial charge < -0.3 is 15.5 Å². The van der Waals surface area contributed by atoms with E-state index in [1.54, 1.807) is 13.2 Å². The lowest BCUT2D eigenvalue weighted by Crippen LogP contribution is -2.43. The summed E-state index contributed by atoms with van der Waals surface area (Å²) in [6.07, 6.45) is 6.96. The van der Waals surface area contributed by atoms with Crippen molar-refractivity contribution in [3.8, 4) is 0 Å². The third-order valence-corrected chi connectivity index (χ3v) is 6.15. The minimum Gasteiger partial charge on any atom is -0.362 e. The van der Waals surface area contributed by atoms with Crippen LogP contribution in [-0.2, 0) is 16.1 Å². The molecule has 29 heavy (non-hydrogen) atoms. The molecule has 1 aromatic rings. The van der Waals surface area contributed by atoms with E-state index in [1.807, 2.05) is 31.1 Å². The summed E-state index contributed by atoms with van der Waals surface area (Å²) < 4.78 is 0. The first kappa shape index (κ1) is 19.4. The molecule has 1 aromatic heterocycles. The molecule has 2 heterocycles. The van der Waals surface area contributed by atoms with Gasteiger partial charge in [-0.1, -0.05) is 18.2 Å². The van der Waals surface area contributed by atoms with Crippen LogP contribution in [-0.4, -0.2) is 61.9 Å². The minimum absolute atomic E-state index is 0.00687. The summed E-state index contributed by atoms with van der Waals surface area (Å²) in [5.74, 6) is 1.74. The molecule has 1 saturated heterocycles. The normalized spacial score (nSPS) is 27.6. The van der Waals surface area contributed by atoms with E-state index in [-0.39, 0.29) is 35.5 Å². The van der Waals surface area contributed by atoms with E-state index >= 15 is 0 Å². The molecule has 1 saturated carbocycles. The van der Waals surface area contributed by atoms with Crippen molar-refractivity contribution in [2.24, 2.45) is 28.7 Å². The number of aromatic nitrogens is 1. The van der Waals surface area contributed by atoms with Crippen molar-refractivity contribution in [1.82, 2.24) is 20.5 Å². The number of guanidine groups is 1. The van der Waals surface area contributed by atoms with Gasteiger partial charge in [-0.3, -0.25) is 19.5 Å².